The molecule has 0 aliphatic carbocycles. The predicted octanol–water partition coefficient (Wildman–Crippen LogP) is -5.74. The average Bonchev–Trinajstić information content (AvgIpc) is 2.60. The molecule has 0 saturated heterocycles. The molecule has 0 amide bonds. The summed E-state index contributed by atoms with van der Waals surface area (Å²) in [6.07, 6.45) is 2.20. The van der Waals surface area contributed by atoms with Crippen molar-refractivity contribution in [1.82, 2.24) is 0 Å². The molecule has 0 bridgehead atoms. The van der Waals surface area contributed by atoms with Crippen molar-refractivity contribution < 1.29 is 107 Å². The molecule has 16 nitrogen and oxygen atoms in total. The third-order valence-corrected chi connectivity index (χ3v) is 5.08. The van der Waals surface area contributed by atoms with E-state index in [1.807, 2.05) is 0 Å². The van der Waals surface area contributed by atoms with Gasteiger partial charge in [-0.05, 0) is 34.3 Å². The SMILES string of the molecule is O.O.O.O.[N-]=[N+]=Nc1ccc(/C=C/c2ccc(N=[N+]=[N-])cc2S(=O)(=O)[O-])c(S(=O)(=O)[O-])c1.[Na+].[Na+]. The zero-order valence-electron chi connectivity index (χ0n) is 17.6. The molecule has 0 atom stereocenters. The Balaban J connectivity index is -0.000000467. The Hall–Kier alpha value is -1.54. The summed E-state index contributed by atoms with van der Waals surface area (Å²) in [5, 5.41) is 6.41. The van der Waals surface area contributed by atoms with Gasteiger partial charge in [0, 0.05) is 21.2 Å². The first-order chi connectivity index (χ1) is 13.1. The van der Waals surface area contributed by atoms with Crippen molar-refractivity contribution in [2.75, 3.05) is 0 Å². The summed E-state index contributed by atoms with van der Waals surface area (Å²) in [4.78, 5) is 3.57. The van der Waals surface area contributed by atoms with E-state index in [0.29, 0.717) is 0 Å². The molecular formula is C14H16N6Na2O10S2. The Morgan fingerprint density at radius 2 is 0.971 bits per heavy atom. The molecule has 0 aromatic heterocycles. The van der Waals surface area contributed by atoms with Gasteiger partial charge in [0.2, 0.25) is 0 Å². The summed E-state index contributed by atoms with van der Waals surface area (Å²) in [7, 11) is -9.90. The molecule has 0 unspecified atom stereocenters. The Morgan fingerprint density at radius 3 is 1.21 bits per heavy atom. The number of nitrogens with zero attached hydrogens (tertiary/aromatic N) is 6. The maximum Gasteiger partial charge on any atom is 1.00 e. The van der Waals surface area contributed by atoms with Crippen LogP contribution in [0.25, 0.3) is 33.0 Å². The normalized spacial score (nSPS) is 9.59. The number of benzene rings is 2. The van der Waals surface area contributed by atoms with Crippen molar-refractivity contribution in [2.24, 2.45) is 10.2 Å². The van der Waals surface area contributed by atoms with E-state index < -0.39 is 30.0 Å². The first-order valence-corrected chi connectivity index (χ1v) is 9.86. The molecule has 0 fully saturated rings. The minimum absolute atomic E-state index is 0. The van der Waals surface area contributed by atoms with E-state index in [-0.39, 0.29) is 104 Å². The van der Waals surface area contributed by atoms with Crippen LogP contribution in [0.3, 0.4) is 0 Å². The van der Waals surface area contributed by atoms with Crippen LogP contribution in [0.1, 0.15) is 11.1 Å². The fourth-order valence-corrected chi connectivity index (χ4v) is 3.54. The quantitative estimate of drug-likeness (QED) is 0.0859. The van der Waals surface area contributed by atoms with Crippen molar-refractivity contribution in [3.8, 4) is 0 Å². The molecule has 20 heteroatoms. The summed E-state index contributed by atoms with van der Waals surface area (Å²) < 4.78 is 68.7. The summed E-state index contributed by atoms with van der Waals surface area (Å²) >= 11 is 0. The zero-order chi connectivity index (χ0) is 20.9. The van der Waals surface area contributed by atoms with Crippen molar-refractivity contribution in [3.63, 3.8) is 0 Å². The molecule has 176 valence electrons. The second-order valence-corrected chi connectivity index (χ2v) is 7.76. The smallest absolute Gasteiger partial charge is 0.744 e. The first kappa shape index (κ1) is 42.6. The van der Waals surface area contributed by atoms with E-state index in [2.05, 4.69) is 20.1 Å². The second kappa shape index (κ2) is 17.8. The molecule has 8 N–H and O–H groups in total. The Kier molecular flexibility index (Phi) is 22.3. The van der Waals surface area contributed by atoms with Gasteiger partial charge in [0.1, 0.15) is 20.2 Å². The van der Waals surface area contributed by atoms with Gasteiger partial charge in [0.05, 0.1) is 9.79 Å². The maximum atomic E-state index is 11.4. The largest absolute Gasteiger partial charge is 1.00 e. The van der Waals surface area contributed by atoms with Gasteiger partial charge < -0.3 is 31.0 Å². The van der Waals surface area contributed by atoms with Gasteiger partial charge in [-0.3, -0.25) is 0 Å². The molecule has 34 heavy (non-hydrogen) atoms. The van der Waals surface area contributed by atoms with Crippen LogP contribution in [0.5, 0.6) is 0 Å². The molecule has 0 heterocycles. The van der Waals surface area contributed by atoms with E-state index in [9.17, 15) is 25.9 Å². The Morgan fingerprint density at radius 1 is 0.676 bits per heavy atom. The van der Waals surface area contributed by atoms with E-state index in [0.717, 1.165) is 24.3 Å². The van der Waals surface area contributed by atoms with Gasteiger partial charge in [-0.15, -0.1) is 0 Å². The van der Waals surface area contributed by atoms with E-state index >= 15 is 0 Å². The van der Waals surface area contributed by atoms with Crippen molar-refractivity contribution in [3.05, 3.63) is 68.4 Å². The zero-order valence-corrected chi connectivity index (χ0v) is 23.2. The van der Waals surface area contributed by atoms with Gasteiger partial charge in [-0.1, -0.05) is 46.6 Å². The summed E-state index contributed by atoms with van der Waals surface area (Å²) in [5.74, 6) is 0. The standard InChI is InChI=1S/C14H10N6O6S2.2Na.4H2O/c15-19-17-11-5-3-9(13(7-11)27(21,22)23)1-2-10-4-6-12(18-20-16)8-14(10)28(24,25)26;;;;;;/h1-8H,(H,21,22,23)(H,24,25,26);;;4*1H2/q;2*+1;;;;/p-2/b2-1+;;;;;;. The van der Waals surface area contributed by atoms with Gasteiger partial charge in [0.15, 0.2) is 0 Å². The molecule has 0 spiro atoms. The molecule has 2 aromatic rings. The van der Waals surface area contributed by atoms with Crippen LogP contribution in [0.4, 0.5) is 11.4 Å². The van der Waals surface area contributed by atoms with Crippen LogP contribution >= 0.6 is 0 Å². The Bertz CT molecular complexity index is 1190. The molecule has 2 aromatic carbocycles. The maximum absolute atomic E-state index is 11.4. The molecule has 0 saturated carbocycles. The minimum Gasteiger partial charge on any atom is -0.744 e. The summed E-state index contributed by atoms with van der Waals surface area (Å²) in [6, 6.07) is 6.54. The van der Waals surface area contributed by atoms with Gasteiger partial charge in [-0.25, -0.2) is 16.8 Å². The van der Waals surface area contributed by atoms with Crippen LogP contribution in [-0.2, 0) is 20.2 Å². The van der Waals surface area contributed by atoms with Crippen LogP contribution in [0.15, 0.2) is 56.4 Å². The van der Waals surface area contributed by atoms with Crippen molar-refractivity contribution >= 4 is 43.8 Å². The van der Waals surface area contributed by atoms with Crippen LogP contribution in [0.2, 0.25) is 0 Å². The first-order valence-electron chi connectivity index (χ1n) is 7.04. The number of azide groups is 2. The van der Waals surface area contributed by atoms with Crippen LogP contribution in [-0.4, -0.2) is 47.8 Å². The summed E-state index contributed by atoms with van der Waals surface area (Å²) in [6.45, 7) is 0. The van der Waals surface area contributed by atoms with E-state index in [1.54, 1.807) is 0 Å². The monoisotopic (exact) mass is 538 g/mol. The molecular weight excluding hydrogens is 522 g/mol. The topological polar surface area (TPSA) is 338 Å². The molecule has 2 rings (SSSR count). The molecule has 0 radical (unpaired) electrons. The number of rotatable bonds is 6. The van der Waals surface area contributed by atoms with Crippen molar-refractivity contribution in [1.29, 1.82) is 0 Å². The van der Waals surface area contributed by atoms with Gasteiger partial charge in [-0.2, -0.15) is 0 Å². The minimum atomic E-state index is -4.95. The third kappa shape index (κ3) is 11.7. The van der Waals surface area contributed by atoms with Crippen LogP contribution in [0, 0.1) is 0 Å². The molecule has 0 aliphatic rings. The average molecular weight is 538 g/mol. The fraction of sp³-hybridized carbons (Fsp3) is 0. The third-order valence-electron chi connectivity index (χ3n) is 3.30. The van der Waals surface area contributed by atoms with Gasteiger partial charge >= 0.3 is 59.1 Å². The fourth-order valence-electron chi connectivity index (χ4n) is 2.16. The predicted molar refractivity (Wildman–Crippen MR) is 110 cm³/mol. The van der Waals surface area contributed by atoms with E-state index in [1.165, 1.54) is 24.3 Å². The second-order valence-electron chi connectivity index (χ2n) is 5.06. The van der Waals surface area contributed by atoms with Gasteiger partial charge in [0.25, 0.3) is 0 Å². The number of hydrogen-bond acceptors (Lipinski definition) is 8. The number of hydrogen-bond donors (Lipinski definition) is 0. The summed E-state index contributed by atoms with van der Waals surface area (Å²) in [5.41, 5.74) is 16.3. The van der Waals surface area contributed by atoms with Crippen LogP contribution < -0.4 is 59.1 Å². The van der Waals surface area contributed by atoms with Crippen molar-refractivity contribution in [2.45, 2.75) is 9.79 Å². The Labute approximate surface area is 237 Å². The molecule has 0 aliphatic heterocycles. The van der Waals surface area contributed by atoms with E-state index in [4.69, 9.17) is 11.1 Å².